The molecule has 3 N–H and O–H groups in total. The van der Waals surface area contributed by atoms with E-state index in [0.29, 0.717) is 13.0 Å². The molecule has 0 fully saturated rings. The molecule has 0 aliphatic carbocycles. The van der Waals surface area contributed by atoms with Crippen molar-refractivity contribution in [2.24, 2.45) is 0 Å². The number of nitrogen functional groups attached to an aromatic ring is 1. The van der Waals surface area contributed by atoms with E-state index in [-0.39, 0.29) is 11.6 Å². The van der Waals surface area contributed by atoms with Gasteiger partial charge in [0.05, 0.1) is 10.6 Å². The summed E-state index contributed by atoms with van der Waals surface area (Å²) in [7, 11) is 0. The van der Waals surface area contributed by atoms with Crippen molar-refractivity contribution >= 4 is 23.0 Å². The Kier molecular flexibility index (Phi) is 3.89. The molecule has 2 aromatic heterocycles. The van der Waals surface area contributed by atoms with Crippen molar-refractivity contribution < 1.29 is 13.2 Å². The number of rotatable bonds is 4. The molecule has 8 heteroatoms. The number of aromatic nitrogens is 2. The Hall–Kier alpha value is -1.83. The van der Waals surface area contributed by atoms with Crippen molar-refractivity contribution in [3.8, 4) is 0 Å². The lowest BCUT2D eigenvalue weighted by Crippen LogP contribution is -2.11. The Balaban J connectivity index is 2.02. The van der Waals surface area contributed by atoms with Gasteiger partial charge in [-0.05, 0) is 12.1 Å². The highest BCUT2D eigenvalue weighted by molar-refractivity contribution is 7.09. The predicted molar refractivity (Wildman–Crippen MR) is 68.0 cm³/mol. The number of thiazole rings is 1. The molecule has 0 saturated heterocycles. The van der Waals surface area contributed by atoms with E-state index in [1.165, 1.54) is 11.3 Å². The molecule has 0 aliphatic heterocycles. The molecule has 0 radical (unpaired) electrons. The van der Waals surface area contributed by atoms with E-state index < -0.39 is 11.7 Å². The smallest absolute Gasteiger partial charge is 0.384 e. The number of nitrogens with one attached hydrogen (secondary N) is 1. The van der Waals surface area contributed by atoms with Crippen LogP contribution in [0.1, 0.15) is 10.6 Å². The molecule has 0 aromatic carbocycles. The SMILES string of the molecule is Nc1cc(C(F)(F)F)cc(NCCc2nccs2)n1. The van der Waals surface area contributed by atoms with E-state index in [9.17, 15) is 13.2 Å². The molecule has 102 valence electrons. The lowest BCUT2D eigenvalue weighted by molar-refractivity contribution is -0.137. The normalized spacial score (nSPS) is 11.5. The highest BCUT2D eigenvalue weighted by Crippen LogP contribution is 2.31. The lowest BCUT2D eigenvalue weighted by atomic mass is 10.2. The number of halogens is 3. The van der Waals surface area contributed by atoms with Crippen molar-refractivity contribution in [3.63, 3.8) is 0 Å². The maximum Gasteiger partial charge on any atom is 0.416 e. The molecule has 0 saturated carbocycles. The van der Waals surface area contributed by atoms with E-state index >= 15 is 0 Å². The second-order valence-electron chi connectivity index (χ2n) is 3.77. The molecule has 4 nitrogen and oxygen atoms in total. The van der Waals surface area contributed by atoms with Gasteiger partial charge >= 0.3 is 6.18 Å². The quantitative estimate of drug-likeness (QED) is 0.908. The summed E-state index contributed by atoms with van der Waals surface area (Å²) in [4.78, 5) is 7.89. The maximum atomic E-state index is 12.6. The minimum Gasteiger partial charge on any atom is -0.384 e. The highest BCUT2D eigenvalue weighted by Gasteiger charge is 2.31. The molecular weight excluding hydrogens is 277 g/mol. The van der Waals surface area contributed by atoms with Crippen LogP contribution < -0.4 is 11.1 Å². The van der Waals surface area contributed by atoms with Gasteiger partial charge in [0, 0.05) is 24.5 Å². The molecule has 0 spiro atoms. The average molecular weight is 288 g/mol. The zero-order valence-electron chi connectivity index (χ0n) is 9.74. The third-order valence-electron chi connectivity index (χ3n) is 2.30. The molecule has 0 bridgehead atoms. The van der Waals surface area contributed by atoms with Crippen LogP contribution in [0.3, 0.4) is 0 Å². The van der Waals surface area contributed by atoms with Gasteiger partial charge in [-0.15, -0.1) is 11.3 Å². The van der Waals surface area contributed by atoms with Crippen LogP contribution in [0.2, 0.25) is 0 Å². The van der Waals surface area contributed by atoms with Crippen LogP contribution in [-0.4, -0.2) is 16.5 Å². The van der Waals surface area contributed by atoms with Crippen molar-refractivity contribution in [1.29, 1.82) is 0 Å². The second-order valence-corrected chi connectivity index (χ2v) is 4.75. The van der Waals surface area contributed by atoms with Gasteiger partial charge in [0.2, 0.25) is 0 Å². The zero-order valence-corrected chi connectivity index (χ0v) is 10.6. The van der Waals surface area contributed by atoms with Crippen molar-refractivity contribution in [2.75, 3.05) is 17.6 Å². The number of hydrogen-bond donors (Lipinski definition) is 2. The fraction of sp³-hybridized carbons (Fsp3) is 0.273. The summed E-state index contributed by atoms with van der Waals surface area (Å²) in [5.41, 5.74) is 4.55. The van der Waals surface area contributed by atoms with Crippen molar-refractivity contribution in [1.82, 2.24) is 9.97 Å². The number of nitrogens with zero attached hydrogens (tertiary/aromatic N) is 2. The number of pyridine rings is 1. The fourth-order valence-corrected chi connectivity index (χ4v) is 2.10. The first kappa shape index (κ1) is 13.6. The van der Waals surface area contributed by atoms with Crippen molar-refractivity contribution in [2.45, 2.75) is 12.6 Å². The predicted octanol–water partition coefficient (Wildman–Crippen LogP) is 2.79. The van der Waals surface area contributed by atoms with Crippen LogP contribution in [0.4, 0.5) is 24.8 Å². The number of anilines is 2. The summed E-state index contributed by atoms with van der Waals surface area (Å²) < 4.78 is 37.7. The van der Waals surface area contributed by atoms with E-state index in [1.807, 2.05) is 5.38 Å². The standard InChI is InChI=1S/C11H11F3N4S/c12-11(13,14)7-5-8(15)18-9(6-7)16-2-1-10-17-3-4-19-10/h3-6H,1-2H2,(H3,15,16,18). The Bertz CT molecular complexity index is 539. The molecule has 0 aliphatic rings. The first-order valence-electron chi connectivity index (χ1n) is 5.42. The monoisotopic (exact) mass is 288 g/mol. The van der Waals surface area contributed by atoms with E-state index in [2.05, 4.69) is 15.3 Å². The van der Waals surface area contributed by atoms with Crippen LogP contribution >= 0.6 is 11.3 Å². The van der Waals surface area contributed by atoms with Gasteiger partial charge < -0.3 is 11.1 Å². The summed E-state index contributed by atoms with van der Waals surface area (Å²) in [6.07, 6.45) is -2.13. The molecule has 0 atom stereocenters. The zero-order chi connectivity index (χ0) is 13.9. The summed E-state index contributed by atoms with van der Waals surface area (Å²) in [6, 6.07) is 1.75. The van der Waals surface area contributed by atoms with Gasteiger partial charge in [0.25, 0.3) is 0 Å². The number of nitrogens with two attached hydrogens (primary N) is 1. The van der Waals surface area contributed by atoms with Crippen LogP contribution in [0, 0.1) is 0 Å². The topological polar surface area (TPSA) is 63.8 Å². The van der Waals surface area contributed by atoms with Gasteiger partial charge in [-0.25, -0.2) is 9.97 Å². The largest absolute Gasteiger partial charge is 0.416 e. The van der Waals surface area contributed by atoms with Crippen LogP contribution in [0.15, 0.2) is 23.7 Å². The Morgan fingerprint density at radius 1 is 1.32 bits per heavy atom. The van der Waals surface area contributed by atoms with E-state index in [4.69, 9.17) is 5.73 Å². The summed E-state index contributed by atoms with van der Waals surface area (Å²) >= 11 is 1.49. The lowest BCUT2D eigenvalue weighted by Gasteiger charge is -2.10. The number of hydrogen-bond acceptors (Lipinski definition) is 5. The molecule has 2 aromatic rings. The summed E-state index contributed by atoms with van der Waals surface area (Å²) in [5, 5.41) is 5.56. The first-order chi connectivity index (χ1) is 8.95. The second kappa shape index (κ2) is 5.43. The molecular formula is C11H11F3N4S. The Morgan fingerprint density at radius 2 is 2.11 bits per heavy atom. The van der Waals surface area contributed by atoms with E-state index in [0.717, 1.165) is 17.1 Å². The van der Waals surface area contributed by atoms with Crippen LogP contribution in [-0.2, 0) is 12.6 Å². The van der Waals surface area contributed by atoms with Gasteiger partial charge in [0.15, 0.2) is 0 Å². The minimum absolute atomic E-state index is 0.115. The highest BCUT2D eigenvalue weighted by atomic mass is 32.1. The minimum atomic E-state index is -4.43. The third kappa shape index (κ3) is 3.82. The average Bonchev–Trinajstić information content (AvgIpc) is 2.80. The molecule has 2 rings (SSSR count). The number of alkyl halides is 3. The van der Waals surface area contributed by atoms with Gasteiger partial charge in [-0.1, -0.05) is 0 Å². The van der Waals surface area contributed by atoms with Crippen molar-refractivity contribution in [3.05, 3.63) is 34.3 Å². The fourth-order valence-electron chi connectivity index (χ4n) is 1.48. The maximum absolute atomic E-state index is 12.6. The Morgan fingerprint density at radius 3 is 2.74 bits per heavy atom. The molecule has 2 heterocycles. The van der Waals surface area contributed by atoms with Crippen LogP contribution in [0.5, 0.6) is 0 Å². The summed E-state index contributed by atoms with van der Waals surface area (Å²) in [5.74, 6) is -0.0459. The third-order valence-corrected chi connectivity index (χ3v) is 3.14. The molecule has 0 unspecified atom stereocenters. The van der Waals surface area contributed by atoms with Crippen LogP contribution in [0.25, 0.3) is 0 Å². The van der Waals surface area contributed by atoms with Gasteiger partial charge in [-0.3, -0.25) is 0 Å². The van der Waals surface area contributed by atoms with E-state index in [1.54, 1.807) is 6.20 Å². The first-order valence-corrected chi connectivity index (χ1v) is 6.30. The Labute approximate surface area is 111 Å². The van der Waals surface area contributed by atoms with Gasteiger partial charge in [0.1, 0.15) is 11.6 Å². The van der Waals surface area contributed by atoms with Gasteiger partial charge in [-0.2, -0.15) is 13.2 Å². The molecule has 19 heavy (non-hydrogen) atoms. The molecule has 0 amide bonds. The summed E-state index contributed by atoms with van der Waals surface area (Å²) in [6.45, 7) is 0.446.